The van der Waals surface area contributed by atoms with E-state index in [-0.39, 0.29) is 18.1 Å². The maximum absolute atomic E-state index is 13.4. The van der Waals surface area contributed by atoms with Crippen molar-refractivity contribution in [1.82, 2.24) is 14.8 Å². The molecule has 0 radical (unpaired) electrons. The Morgan fingerprint density at radius 1 is 1.03 bits per heavy atom. The molecule has 1 aromatic heterocycles. The summed E-state index contributed by atoms with van der Waals surface area (Å²) in [5.74, 6) is -1.02. The van der Waals surface area contributed by atoms with E-state index in [0.717, 1.165) is 46.7 Å². The summed E-state index contributed by atoms with van der Waals surface area (Å²) in [5, 5.41) is 2.81. The fourth-order valence-corrected chi connectivity index (χ4v) is 5.25. The maximum Gasteiger partial charge on any atom is 0.325 e. The number of urea groups is 1. The molecule has 2 heterocycles. The van der Waals surface area contributed by atoms with E-state index in [0.29, 0.717) is 12.1 Å². The zero-order valence-electron chi connectivity index (χ0n) is 20.2. The van der Waals surface area contributed by atoms with Crippen LogP contribution in [0.4, 0.5) is 9.18 Å². The van der Waals surface area contributed by atoms with E-state index in [2.05, 4.69) is 5.32 Å². The number of hydrogen-bond acceptors (Lipinski definition) is 3. The van der Waals surface area contributed by atoms with Gasteiger partial charge in [-0.15, -0.1) is 0 Å². The van der Waals surface area contributed by atoms with Crippen LogP contribution in [0.1, 0.15) is 57.3 Å². The van der Waals surface area contributed by atoms with Crippen molar-refractivity contribution in [2.24, 2.45) is 0 Å². The van der Waals surface area contributed by atoms with Crippen LogP contribution in [-0.4, -0.2) is 33.7 Å². The Balaban J connectivity index is 1.36. The van der Waals surface area contributed by atoms with Gasteiger partial charge in [0.05, 0.1) is 6.54 Å². The molecular formula is C28H28FN3O3. The molecule has 1 N–H and O–H groups in total. The number of imide groups is 1. The molecule has 1 atom stereocenters. The van der Waals surface area contributed by atoms with Gasteiger partial charge in [-0.2, -0.15) is 0 Å². The fraction of sp³-hybridized carbons (Fsp3) is 0.321. The van der Waals surface area contributed by atoms with Gasteiger partial charge in [0.15, 0.2) is 5.78 Å². The first-order chi connectivity index (χ1) is 16.7. The van der Waals surface area contributed by atoms with Crippen molar-refractivity contribution < 1.29 is 18.8 Å². The second kappa shape index (κ2) is 8.48. The van der Waals surface area contributed by atoms with Crippen LogP contribution in [0.3, 0.4) is 0 Å². The molecule has 35 heavy (non-hydrogen) atoms. The molecule has 2 aromatic carbocycles. The highest BCUT2D eigenvalue weighted by atomic mass is 19.1. The van der Waals surface area contributed by atoms with Gasteiger partial charge in [-0.25, -0.2) is 9.18 Å². The normalized spacial score (nSPS) is 19.3. The van der Waals surface area contributed by atoms with Gasteiger partial charge in [-0.1, -0.05) is 30.3 Å². The highest BCUT2D eigenvalue weighted by molar-refractivity contribution is 6.11. The summed E-state index contributed by atoms with van der Waals surface area (Å²) in [5.41, 5.74) is 5.03. The number of ketones is 1. The molecule has 5 rings (SSSR count). The van der Waals surface area contributed by atoms with Crippen LogP contribution in [0.25, 0.3) is 0 Å². The zero-order valence-corrected chi connectivity index (χ0v) is 20.2. The van der Waals surface area contributed by atoms with E-state index in [1.54, 1.807) is 25.1 Å². The molecule has 3 amide bonds. The lowest BCUT2D eigenvalue weighted by atomic mass is 9.89. The number of rotatable bonds is 6. The molecule has 1 saturated heterocycles. The SMILES string of the molecule is Cc1cc(C(=O)CN2C(=O)NC(C)(c3ccc4c(c3)CCC4)C2=O)c(C)n1Cc1ccc(F)cc1. The molecular weight excluding hydrogens is 445 g/mol. The van der Waals surface area contributed by atoms with E-state index in [1.807, 2.05) is 36.6 Å². The van der Waals surface area contributed by atoms with Gasteiger partial charge < -0.3 is 9.88 Å². The van der Waals surface area contributed by atoms with Crippen LogP contribution in [0.2, 0.25) is 0 Å². The Bertz CT molecular complexity index is 1360. The molecule has 6 nitrogen and oxygen atoms in total. The lowest BCUT2D eigenvalue weighted by Gasteiger charge is -2.23. The molecule has 0 spiro atoms. The molecule has 0 saturated carbocycles. The van der Waals surface area contributed by atoms with Gasteiger partial charge in [0, 0.05) is 23.5 Å². The Morgan fingerprint density at radius 3 is 2.49 bits per heavy atom. The van der Waals surface area contributed by atoms with Crippen molar-refractivity contribution >= 4 is 17.7 Å². The molecule has 2 aliphatic rings. The summed E-state index contributed by atoms with van der Waals surface area (Å²) in [7, 11) is 0. The average molecular weight is 474 g/mol. The van der Waals surface area contributed by atoms with E-state index in [9.17, 15) is 18.8 Å². The number of carbonyl (C=O) groups is 3. The number of carbonyl (C=O) groups excluding carboxylic acids is 3. The number of fused-ring (bicyclic) bond motifs is 1. The second-order valence-corrected chi connectivity index (χ2v) is 9.70. The maximum atomic E-state index is 13.4. The third-order valence-electron chi connectivity index (χ3n) is 7.38. The van der Waals surface area contributed by atoms with Crippen LogP contribution in [0.5, 0.6) is 0 Å². The fourth-order valence-electron chi connectivity index (χ4n) is 5.25. The topological polar surface area (TPSA) is 71.4 Å². The van der Waals surface area contributed by atoms with Gasteiger partial charge in [0.2, 0.25) is 0 Å². The lowest BCUT2D eigenvalue weighted by Crippen LogP contribution is -2.41. The van der Waals surface area contributed by atoms with E-state index < -0.39 is 17.5 Å². The smallest absolute Gasteiger partial charge is 0.325 e. The summed E-state index contributed by atoms with van der Waals surface area (Å²) in [6.45, 7) is 5.59. The first-order valence-electron chi connectivity index (χ1n) is 11.9. The predicted octanol–water partition coefficient (Wildman–Crippen LogP) is 4.43. The minimum Gasteiger partial charge on any atom is -0.344 e. The third-order valence-corrected chi connectivity index (χ3v) is 7.38. The van der Waals surface area contributed by atoms with Gasteiger partial charge in [0.1, 0.15) is 11.4 Å². The van der Waals surface area contributed by atoms with Gasteiger partial charge in [-0.3, -0.25) is 14.5 Å². The number of benzene rings is 2. The summed E-state index contributed by atoms with van der Waals surface area (Å²) >= 11 is 0. The number of amides is 3. The highest BCUT2D eigenvalue weighted by Gasteiger charge is 2.49. The number of nitrogens with one attached hydrogen (secondary N) is 1. The minimum absolute atomic E-state index is 0.300. The van der Waals surface area contributed by atoms with Crippen molar-refractivity contribution in [3.05, 3.63) is 93.6 Å². The largest absolute Gasteiger partial charge is 0.344 e. The quantitative estimate of drug-likeness (QED) is 0.425. The van der Waals surface area contributed by atoms with Gasteiger partial charge >= 0.3 is 6.03 Å². The van der Waals surface area contributed by atoms with Crippen LogP contribution < -0.4 is 5.32 Å². The van der Waals surface area contributed by atoms with Gasteiger partial charge in [-0.05, 0) is 80.5 Å². The lowest BCUT2D eigenvalue weighted by molar-refractivity contribution is -0.130. The van der Waals surface area contributed by atoms with E-state index in [1.165, 1.54) is 23.3 Å². The highest BCUT2D eigenvalue weighted by Crippen LogP contribution is 2.33. The summed E-state index contributed by atoms with van der Waals surface area (Å²) in [6.07, 6.45) is 3.10. The minimum atomic E-state index is -1.20. The molecule has 7 heteroatoms. The molecule has 0 bridgehead atoms. The van der Waals surface area contributed by atoms with E-state index in [4.69, 9.17) is 0 Å². The zero-order chi connectivity index (χ0) is 24.9. The van der Waals surface area contributed by atoms with Crippen molar-refractivity contribution in [3.8, 4) is 0 Å². The number of hydrogen-bond donors (Lipinski definition) is 1. The Morgan fingerprint density at radius 2 is 1.74 bits per heavy atom. The molecule has 1 aliphatic carbocycles. The van der Waals surface area contributed by atoms with Crippen LogP contribution in [0, 0.1) is 19.7 Å². The molecule has 180 valence electrons. The van der Waals surface area contributed by atoms with Crippen LogP contribution in [0.15, 0.2) is 48.5 Å². The van der Waals surface area contributed by atoms with Crippen molar-refractivity contribution in [2.45, 2.75) is 52.1 Å². The molecule has 1 fully saturated rings. The predicted molar refractivity (Wildman–Crippen MR) is 130 cm³/mol. The number of Topliss-reactive ketones (excluding diaryl/α,β-unsaturated/α-hetero) is 1. The molecule has 3 aromatic rings. The summed E-state index contributed by atoms with van der Waals surface area (Å²) < 4.78 is 15.2. The summed E-state index contributed by atoms with van der Waals surface area (Å²) in [4.78, 5) is 40.4. The van der Waals surface area contributed by atoms with Crippen LogP contribution >= 0.6 is 0 Å². The monoisotopic (exact) mass is 473 g/mol. The first-order valence-corrected chi connectivity index (χ1v) is 11.9. The molecule has 1 unspecified atom stereocenters. The van der Waals surface area contributed by atoms with Crippen LogP contribution in [-0.2, 0) is 29.7 Å². The molecule has 1 aliphatic heterocycles. The van der Waals surface area contributed by atoms with Crippen molar-refractivity contribution in [3.63, 3.8) is 0 Å². The number of halogens is 1. The third kappa shape index (κ3) is 3.95. The Labute approximate surface area is 203 Å². The first kappa shape index (κ1) is 23.0. The number of aromatic nitrogens is 1. The van der Waals surface area contributed by atoms with Crippen molar-refractivity contribution in [1.29, 1.82) is 0 Å². The average Bonchev–Trinajstić information content (AvgIpc) is 3.48. The standard InChI is InChI=1S/C28H28FN3O3/c1-17-13-24(18(2)31(17)15-19-7-11-23(29)12-8-19)25(33)16-32-26(34)28(3,30-27(32)35)22-10-9-20-5-4-6-21(20)14-22/h7-14H,4-6,15-16H2,1-3H3,(H,30,35). The Hall–Kier alpha value is -3.74. The van der Waals surface area contributed by atoms with Crippen molar-refractivity contribution in [2.75, 3.05) is 6.54 Å². The second-order valence-electron chi connectivity index (χ2n) is 9.70. The Kier molecular flexibility index (Phi) is 5.58. The number of nitrogens with zero attached hydrogens (tertiary/aromatic N) is 2. The van der Waals surface area contributed by atoms with Gasteiger partial charge in [0.25, 0.3) is 5.91 Å². The summed E-state index contributed by atoms with van der Waals surface area (Å²) in [6, 6.07) is 13.4. The van der Waals surface area contributed by atoms with E-state index >= 15 is 0 Å². The number of aryl methyl sites for hydroxylation is 3.